The number of imide groups is 1. The lowest BCUT2D eigenvalue weighted by atomic mass is 9.65. The quantitative estimate of drug-likeness (QED) is 0.443. The molecule has 1 aliphatic carbocycles. The molecule has 0 radical (unpaired) electrons. The maximum absolute atomic E-state index is 13.5. The minimum Gasteiger partial charge on any atom is -0.354 e. The summed E-state index contributed by atoms with van der Waals surface area (Å²) >= 11 is 0. The van der Waals surface area contributed by atoms with Crippen LogP contribution in [0.3, 0.4) is 0 Å². The number of amides is 2. The lowest BCUT2D eigenvalue weighted by Crippen LogP contribution is -2.33. The summed E-state index contributed by atoms with van der Waals surface area (Å²) in [5.74, 6) is -0.850. The van der Waals surface area contributed by atoms with Crippen LogP contribution in [0.5, 0.6) is 0 Å². The number of para-hydroxylation sites is 2. The first-order chi connectivity index (χ1) is 14.6. The van der Waals surface area contributed by atoms with Crippen LogP contribution in [0.15, 0.2) is 66.7 Å². The van der Waals surface area contributed by atoms with Crippen molar-refractivity contribution < 1.29 is 9.59 Å². The number of hydrogen-bond acceptors (Lipinski definition) is 2. The van der Waals surface area contributed by atoms with Gasteiger partial charge in [-0.25, -0.2) is 0 Å². The third-order valence-electron chi connectivity index (χ3n) is 7.19. The van der Waals surface area contributed by atoms with Crippen molar-refractivity contribution >= 4 is 39.3 Å². The van der Waals surface area contributed by atoms with Crippen molar-refractivity contribution in [1.29, 1.82) is 0 Å². The van der Waals surface area contributed by atoms with Gasteiger partial charge < -0.3 is 4.98 Å². The Morgan fingerprint density at radius 1 is 0.733 bits per heavy atom. The van der Waals surface area contributed by atoms with Crippen molar-refractivity contribution in [2.24, 2.45) is 11.8 Å². The van der Waals surface area contributed by atoms with Gasteiger partial charge in [0.05, 0.1) is 23.0 Å². The summed E-state index contributed by atoms with van der Waals surface area (Å²) < 4.78 is 0. The molecule has 2 heterocycles. The van der Waals surface area contributed by atoms with E-state index >= 15 is 0 Å². The Hall–Kier alpha value is -3.40. The SMILES string of the molecule is C[C@H]1c2ccc3c([nH]c4ccccc43)c2[C@H](C)[C@H]2C(=O)N(c3ccccc3)C(=O)[C@H]21. The zero-order valence-corrected chi connectivity index (χ0v) is 16.9. The normalized spacial score (nSPS) is 25.7. The third kappa shape index (κ3) is 2.11. The number of anilines is 1. The Labute approximate surface area is 174 Å². The van der Waals surface area contributed by atoms with E-state index < -0.39 is 0 Å². The standard InChI is InChI=1S/C26H22N2O2/c1-14-17-12-13-19-18-10-6-7-11-20(18)27-24(19)21(17)15(2)23-22(14)25(29)28(26(23)30)16-8-4-3-5-9-16/h3-15,22-23,27H,1-2H3/t14-,15-,22-,23+/m0/s1. The summed E-state index contributed by atoms with van der Waals surface area (Å²) in [6.07, 6.45) is 0. The van der Waals surface area contributed by atoms with Crippen molar-refractivity contribution in [3.63, 3.8) is 0 Å². The van der Waals surface area contributed by atoms with E-state index in [1.165, 1.54) is 26.8 Å². The van der Waals surface area contributed by atoms with E-state index in [0.29, 0.717) is 5.69 Å². The number of rotatable bonds is 1. The molecule has 0 unspecified atom stereocenters. The number of benzene rings is 3. The first kappa shape index (κ1) is 17.5. The average Bonchev–Trinajstić information content (AvgIpc) is 3.27. The number of carbonyl (C=O) groups excluding carboxylic acids is 2. The number of aromatic amines is 1. The highest BCUT2D eigenvalue weighted by Crippen LogP contribution is 2.53. The fourth-order valence-corrected chi connectivity index (χ4v) is 5.81. The Morgan fingerprint density at radius 3 is 2.17 bits per heavy atom. The Bertz CT molecular complexity index is 1340. The van der Waals surface area contributed by atoms with Crippen LogP contribution in [0.4, 0.5) is 5.69 Å². The molecule has 0 bridgehead atoms. The summed E-state index contributed by atoms with van der Waals surface area (Å²) in [5.41, 5.74) is 5.24. The molecule has 4 heteroatoms. The highest BCUT2D eigenvalue weighted by Gasteiger charge is 2.56. The molecular weight excluding hydrogens is 372 g/mol. The van der Waals surface area contributed by atoms with E-state index in [2.05, 4.69) is 43.1 Å². The topological polar surface area (TPSA) is 53.2 Å². The first-order valence-corrected chi connectivity index (χ1v) is 10.5. The molecule has 1 fully saturated rings. The first-order valence-electron chi connectivity index (χ1n) is 10.5. The van der Waals surface area contributed by atoms with Crippen molar-refractivity contribution in [2.45, 2.75) is 25.7 Å². The lowest BCUT2D eigenvalue weighted by molar-refractivity contribution is -0.122. The number of hydrogen-bond donors (Lipinski definition) is 1. The highest BCUT2D eigenvalue weighted by atomic mass is 16.2. The van der Waals surface area contributed by atoms with Crippen LogP contribution >= 0.6 is 0 Å². The van der Waals surface area contributed by atoms with Crippen LogP contribution in [-0.4, -0.2) is 16.8 Å². The van der Waals surface area contributed by atoms with Gasteiger partial charge in [0, 0.05) is 16.3 Å². The van der Waals surface area contributed by atoms with Gasteiger partial charge >= 0.3 is 0 Å². The minimum atomic E-state index is -0.336. The van der Waals surface area contributed by atoms with Crippen LogP contribution < -0.4 is 4.90 Å². The molecule has 2 amide bonds. The summed E-state index contributed by atoms with van der Waals surface area (Å²) in [6, 6.07) is 21.9. The van der Waals surface area contributed by atoms with E-state index in [1.807, 2.05) is 42.5 Å². The van der Waals surface area contributed by atoms with Crippen molar-refractivity contribution in [3.8, 4) is 0 Å². The molecule has 2 aliphatic rings. The molecule has 3 aromatic carbocycles. The summed E-state index contributed by atoms with van der Waals surface area (Å²) in [7, 11) is 0. The van der Waals surface area contributed by atoms with Crippen LogP contribution in [0.1, 0.15) is 36.8 Å². The Morgan fingerprint density at radius 2 is 1.40 bits per heavy atom. The van der Waals surface area contributed by atoms with Crippen LogP contribution in [0.2, 0.25) is 0 Å². The van der Waals surface area contributed by atoms with Crippen molar-refractivity contribution in [2.75, 3.05) is 4.90 Å². The molecule has 30 heavy (non-hydrogen) atoms. The van der Waals surface area contributed by atoms with Crippen molar-refractivity contribution in [1.82, 2.24) is 4.98 Å². The second-order valence-electron chi connectivity index (χ2n) is 8.64. The fraction of sp³-hybridized carbons (Fsp3) is 0.231. The Balaban J connectivity index is 1.56. The minimum absolute atomic E-state index is 0.0119. The largest absolute Gasteiger partial charge is 0.354 e. The smallest absolute Gasteiger partial charge is 0.238 e. The maximum atomic E-state index is 13.5. The molecule has 1 aromatic heterocycles. The molecule has 1 saturated heterocycles. The molecule has 0 spiro atoms. The van der Waals surface area contributed by atoms with Gasteiger partial charge in [-0.15, -0.1) is 0 Å². The molecule has 0 saturated carbocycles. The zero-order chi connectivity index (χ0) is 20.6. The maximum Gasteiger partial charge on any atom is 0.238 e. The molecule has 6 rings (SSSR count). The predicted molar refractivity (Wildman–Crippen MR) is 119 cm³/mol. The molecule has 4 nitrogen and oxygen atoms in total. The van der Waals surface area contributed by atoms with Crippen molar-refractivity contribution in [3.05, 3.63) is 77.9 Å². The van der Waals surface area contributed by atoms with E-state index in [9.17, 15) is 9.59 Å². The van der Waals surface area contributed by atoms with Crippen LogP contribution in [-0.2, 0) is 9.59 Å². The molecular formula is C26H22N2O2. The lowest BCUT2D eigenvalue weighted by Gasteiger charge is -2.35. The number of nitrogens with zero attached hydrogens (tertiary/aromatic N) is 1. The van der Waals surface area contributed by atoms with Crippen LogP contribution in [0.25, 0.3) is 21.8 Å². The van der Waals surface area contributed by atoms with Gasteiger partial charge in [-0.2, -0.15) is 0 Å². The van der Waals surface area contributed by atoms with Crippen LogP contribution in [0, 0.1) is 11.8 Å². The number of H-pyrrole nitrogens is 1. The molecule has 4 aromatic rings. The second-order valence-corrected chi connectivity index (χ2v) is 8.64. The summed E-state index contributed by atoms with van der Waals surface area (Å²) in [6.45, 7) is 4.20. The van der Waals surface area contributed by atoms with Gasteiger partial charge in [0.25, 0.3) is 0 Å². The van der Waals surface area contributed by atoms with E-state index in [0.717, 1.165) is 11.0 Å². The third-order valence-corrected chi connectivity index (χ3v) is 7.19. The van der Waals surface area contributed by atoms with E-state index in [4.69, 9.17) is 0 Å². The van der Waals surface area contributed by atoms with Gasteiger partial charge in [0.2, 0.25) is 11.8 Å². The summed E-state index contributed by atoms with van der Waals surface area (Å²) in [4.78, 5) is 31.9. The van der Waals surface area contributed by atoms with Gasteiger partial charge in [-0.3, -0.25) is 14.5 Å². The van der Waals surface area contributed by atoms with E-state index in [1.54, 1.807) is 0 Å². The Kier molecular flexibility index (Phi) is 3.52. The van der Waals surface area contributed by atoms with Gasteiger partial charge in [0.15, 0.2) is 0 Å². The number of fused-ring (bicyclic) bond motifs is 6. The number of carbonyl (C=O) groups is 2. The van der Waals surface area contributed by atoms with Gasteiger partial charge in [-0.1, -0.05) is 62.4 Å². The molecule has 4 atom stereocenters. The van der Waals surface area contributed by atoms with Gasteiger partial charge in [-0.05, 0) is 41.2 Å². The predicted octanol–water partition coefficient (Wildman–Crippen LogP) is 5.35. The van der Waals surface area contributed by atoms with Gasteiger partial charge in [0.1, 0.15) is 0 Å². The molecule has 148 valence electrons. The average molecular weight is 394 g/mol. The monoisotopic (exact) mass is 394 g/mol. The number of nitrogens with one attached hydrogen (secondary N) is 1. The highest BCUT2D eigenvalue weighted by molar-refractivity contribution is 6.23. The molecule has 1 aliphatic heterocycles. The second kappa shape index (κ2) is 6.05. The zero-order valence-electron chi connectivity index (χ0n) is 16.9. The molecule has 1 N–H and O–H groups in total. The summed E-state index contributed by atoms with van der Waals surface area (Å²) in [5, 5.41) is 2.37. The van der Waals surface area contributed by atoms with E-state index in [-0.39, 0.29) is 35.5 Å². The number of aromatic nitrogens is 1. The fourth-order valence-electron chi connectivity index (χ4n) is 5.81.